The molecule has 0 N–H and O–H groups in total. The second kappa shape index (κ2) is 4.46. The van der Waals surface area contributed by atoms with Gasteiger partial charge in [-0.25, -0.2) is 9.97 Å². The lowest BCUT2D eigenvalue weighted by Crippen LogP contribution is -2.05. The molecule has 15 heavy (non-hydrogen) atoms. The minimum atomic E-state index is -0.0140. The molecule has 0 aliphatic carbocycles. The van der Waals surface area contributed by atoms with Crippen LogP contribution in [0.1, 0.15) is 16.1 Å². The van der Waals surface area contributed by atoms with Crippen molar-refractivity contribution in [1.82, 2.24) is 9.97 Å². The zero-order valence-electron chi connectivity index (χ0n) is 8.05. The number of nitrogens with zero attached hydrogens (tertiary/aromatic N) is 2. The van der Waals surface area contributed by atoms with Crippen LogP contribution in [0, 0.1) is 6.33 Å². The molecular formula is C12H9N2O. The maximum absolute atomic E-state index is 11.7. The fraction of sp³-hybridized carbons (Fsp3) is 0.0833. The van der Waals surface area contributed by atoms with Crippen molar-refractivity contribution in [3.63, 3.8) is 0 Å². The van der Waals surface area contributed by atoms with Gasteiger partial charge in [0.25, 0.3) is 0 Å². The average Bonchev–Trinajstić information content (AvgIpc) is 2.31. The Morgan fingerprint density at radius 2 is 2.00 bits per heavy atom. The monoisotopic (exact) mass is 197 g/mol. The summed E-state index contributed by atoms with van der Waals surface area (Å²) in [6.45, 7) is 0. The average molecular weight is 197 g/mol. The summed E-state index contributed by atoms with van der Waals surface area (Å²) in [5.41, 5.74) is 1.40. The van der Waals surface area contributed by atoms with Gasteiger partial charge < -0.3 is 0 Å². The number of rotatable bonds is 3. The van der Waals surface area contributed by atoms with Gasteiger partial charge in [-0.05, 0) is 11.6 Å². The van der Waals surface area contributed by atoms with Crippen LogP contribution in [0.3, 0.4) is 0 Å². The molecule has 2 aromatic rings. The van der Waals surface area contributed by atoms with Crippen molar-refractivity contribution in [1.29, 1.82) is 0 Å². The van der Waals surface area contributed by atoms with Crippen LogP contribution in [0.5, 0.6) is 0 Å². The standard InChI is InChI=1S/C12H9N2O/c15-12(11-6-7-13-9-14-11)8-10-4-2-1-3-5-10/h1-7H,8H2. The van der Waals surface area contributed by atoms with Gasteiger partial charge in [-0.15, -0.1) is 0 Å². The first-order valence-corrected chi connectivity index (χ1v) is 4.62. The molecule has 1 aromatic heterocycles. The third kappa shape index (κ3) is 2.47. The van der Waals surface area contributed by atoms with E-state index < -0.39 is 0 Å². The Morgan fingerprint density at radius 3 is 2.67 bits per heavy atom. The second-order valence-corrected chi connectivity index (χ2v) is 3.13. The smallest absolute Gasteiger partial charge is 0.198 e. The summed E-state index contributed by atoms with van der Waals surface area (Å²) in [5.74, 6) is -0.0140. The molecule has 0 aliphatic heterocycles. The van der Waals surface area contributed by atoms with E-state index in [2.05, 4.69) is 16.3 Å². The lowest BCUT2D eigenvalue weighted by Gasteiger charge is -1.99. The minimum Gasteiger partial charge on any atom is -0.292 e. The van der Waals surface area contributed by atoms with Crippen molar-refractivity contribution >= 4 is 5.78 Å². The Bertz CT molecular complexity index is 440. The van der Waals surface area contributed by atoms with Crippen molar-refractivity contribution in [2.45, 2.75) is 6.42 Å². The molecule has 0 atom stereocenters. The third-order valence-corrected chi connectivity index (χ3v) is 2.03. The van der Waals surface area contributed by atoms with Gasteiger partial charge in [0, 0.05) is 12.6 Å². The molecule has 0 bridgehead atoms. The van der Waals surface area contributed by atoms with Gasteiger partial charge >= 0.3 is 0 Å². The summed E-state index contributed by atoms with van der Waals surface area (Å²) in [4.78, 5) is 19.1. The summed E-state index contributed by atoms with van der Waals surface area (Å²) in [7, 11) is 0. The van der Waals surface area contributed by atoms with Crippen LogP contribution < -0.4 is 0 Å². The van der Waals surface area contributed by atoms with Crippen LogP contribution in [0.15, 0.2) is 42.6 Å². The Kier molecular flexibility index (Phi) is 2.83. The van der Waals surface area contributed by atoms with Crippen molar-refractivity contribution in [3.05, 3.63) is 60.2 Å². The number of hydrogen-bond donors (Lipinski definition) is 0. The number of aromatic nitrogens is 2. The van der Waals surface area contributed by atoms with Crippen LogP contribution >= 0.6 is 0 Å². The van der Waals surface area contributed by atoms with E-state index >= 15 is 0 Å². The summed E-state index contributed by atoms with van der Waals surface area (Å²) in [5, 5.41) is 0. The molecule has 3 heteroatoms. The lowest BCUT2D eigenvalue weighted by molar-refractivity contribution is 0.0988. The fourth-order valence-electron chi connectivity index (χ4n) is 1.29. The zero-order valence-corrected chi connectivity index (χ0v) is 8.05. The van der Waals surface area contributed by atoms with Crippen LogP contribution in [0.4, 0.5) is 0 Å². The highest BCUT2D eigenvalue weighted by atomic mass is 16.1. The molecule has 0 aliphatic rings. The predicted octanol–water partition coefficient (Wildman–Crippen LogP) is 1.70. The van der Waals surface area contributed by atoms with E-state index in [0.717, 1.165) is 5.56 Å². The second-order valence-electron chi connectivity index (χ2n) is 3.13. The fourth-order valence-corrected chi connectivity index (χ4v) is 1.29. The Balaban J connectivity index is 2.12. The number of carbonyl (C=O) groups is 1. The lowest BCUT2D eigenvalue weighted by atomic mass is 10.1. The first-order chi connectivity index (χ1) is 7.36. The number of carbonyl (C=O) groups excluding carboxylic acids is 1. The van der Waals surface area contributed by atoms with E-state index in [9.17, 15) is 4.79 Å². The number of hydrogen-bond acceptors (Lipinski definition) is 3. The summed E-state index contributed by atoms with van der Waals surface area (Å²) < 4.78 is 0. The van der Waals surface area contributed by atoms with E-state index in [1.807, 2.05) is 30.3 Å². The highest BCUT2D eigenvalue weighted by molar-refractivity contribution is 5.95. The van der Waals surface area contributed by atoms with Gasteiger partial charge in [0.1, 0.15) is 5.69 Å². The van der Waals surface area contributed by atoms with E-state index in [-0.39, 0.29) is 5.78 Å². The molecule has 0 unspecified atom stereocenters. The Hall–Kier alpha value is -2.03. The summed E-state index contributed by atoms with van der Waals surface area (Å²) in [6.07, 6.45) is 4.29. The van der Waals surface area contributed by atoms with Gasteiger partial charge in [-0.2, -0.15) is 0 Å². The molecule has 0 spiro atoms. The first-order valence-electron chi connectivity index (χ1n) is 4.62. The molecule has 1 aromatic carbocycles. The van der Waals surface area contributed by atoms with E-state index in [1.54, 1.807) is 6.07 Å². The molecule has 0 saturated heterocycles. The molecule has 1 heterocycles. The van der Waals surface area contributed by atoms with E-state index in [0.29, 0.717) is 12.1 Å². The highest BCUT2D eigenvalue weighted by Gasteiger charge is 2.07. The Labute approximate surface area is 87.8 Å². The highest BCUT2D eigenvalue weighted by Crippen LogP contribution is 2.04. The largest absolute Gasteiger partial charge is 0.292 e. The van der Waals surface area contributed by atoms with Crippen molar-refractivity contribution < 1.29 is 4.79 Å². The molecule has 2 rings (SSSR count). The van der Waals surface area contributed by atoms with Crippen molar-refractivity contribution in [2.75, 3.05) is 0 Å². The molecule has 0 amide bonds. The van der Waals surface area contributed by atoms with Gasteiger partial charge in [-0.3, -0.25) is 4.79 Å². The van der Waals surface area contributed by atoms with Crippen LogP contribution in [0.25, 0.3) is 0 Å². The van der Waals surface area contributed by atoms with Gasteiger partial charge in [-0.1, -0.05) is 30.3 Å². The molecule has 1 radical (unpaired) electrons. The molecule has 73 valence electrons. The normalized spacial score (nSPS) is 9.87. The number of Topliss-reactive ketones (excluding diaryl/α,β-unsaturated/α-hetero) is 1. The molecule has 3 nitrogen and oxygen atoms in total. The molecule has 0 saturated carbocycles. The van der Waals surface area contributed by atoms with Crippen LogP contribution in [-0.2, 0) is 6.42 Å². The summed E-state index contributed by atoms with van der Waals surface area (Å²) >= 11 is 0. The molecule has 0 fully saturated rings. The van der Waals surface area contributed by atoms with E-state index in [4.69, 9.17) is 0 Å². The van der Waals surface area contributed by atoms with Crippen LogP contribution in [-0.4, -0.2) is 15.8 Å². The van der Waals surface area contributed by atoms with Gasteiger partial charge in [0.15, 0.2) is 12.1 Å². The maximum Gasteiger partial charge on any atom is 0.198 e. The topological polar surface area (TPSA) is 42.9 Å². The third-order valence-electron chi connectivity index (χ3n) is 2.03. The van der Waals surface area contributed by atoms with Crippen molar-refractivity contribution in [2.24, 2.45) is 0 Å². The predicted molar refractivity (Wildman–Crippen MR) is 55.3 cm³/mol. The zero-order chi connectivity index (χ0) is 10.5. The van der Waals surface area contributed by atoms with Gasteiger partial charge in [0.05, 0.1) is 0 Å². The number of ketones is 1. The Morgan fingerprint density at radius 1 is 1.20 bits per heavy atom. The minimum absolute atomic E-state index is 0.0140. The summed E-state index contributed by atoms with van der Waals surface area (Å²) in [6, 6.07) is 11.2. The SMILES string of the molecule is O=C(Cc1ccccc1)c1ccn[c]n1. The van der Waals surface area contributed by atoms with Crippen molar-refractivity contribution in [3.8, 4) is 0 Å². The van der Waals surface area contributed by atoms with E-state index in [1.165, 1.54) is 6.20 Å². The van der Waals surface area contributed by atoms with Crippen LogP contribution in [0.2, 0.25) is 0 Å². The quantitative estimate of drug-likeness (QED) is 0.703. The molecular weight excluding hydrogens is 188 g/mol. The first kappa shape index (κ1) is 9.52. The maximum atomic E-state index is 11.7. The van der Waals surface area contributed by atoms with Gasteiger partial charge in [0.2, 0.25) is 0 Å². The number of benzene rings is 1.